The van der Waals surface area contributed by atoms with Crippen LogP contribution in [0.25, 0.3) is 0 Å². The van der Waals surface area contributed by atoms with E-state index in [1.54, 1.807) is 0 Å². The van der Waals surface area contributed by atoms with Crippen LogP contribution in [0.4, 0.5) is 0 Å². The first kappa shape index (κ1) is 11.5. The zero-order valence-electron chi connectivity index (χ0n) is 9.52. The van der Waals surface area contributed by atoms with Gasteiger partial charge in [-0.25, -0.2) is 0 Å². The lowest BCUT2D eigenvalue weighted by Gasteiger charge is -2.14. The van der Waals surface area contributed by atoms with Crippen molar-refractivity contribution >= 4 is 5.97 Å². The Labute approximate surface area is 101 Å². The Morgan fingerprint density at radius 2 is 2.00 bits per heavy atom. The molecule has 86 valence electrons. The van der Waals surface area contributed by atoms with E-state index in [1.807, 2.05) is 36.4 Å². The summed E-state index contributed by atoms with van der Waals surface area (Å²) in [6, 6.07) is 9.81. The minimum atomic E-state index is -0.698. The lowest BCUT2D eigenvalue weighted by Crippen LogP contribution is -2.15. The fourth-order valence-corrected chi connectivity index (χ4v) is 1.85. The first-order chi connectivity index (χ1) is 8.25. The Balaban J connectivity index is 2.03. The van der Waals surface area contributed by atoms with E-state index in [0.29, 0.717) is 12.8 Å². The number of rotatable bonds is 1. The van der Waals surface area contributed by atoms with Crippen LogP contribution in [0.2, 0.25) is 0 Å². The van der Waals surface area contributed by atoms with Crippen LogP contribution in [0.5, 0.6) is 0 Å². The molecule has 1 atom stereocenters. The molecule has 2 heteroatoms. The average Bonchev–Trinajstić information content (AvgIpc) is 2.38. The number of carboxylic acid groups (broad SMARTS) is 1. The van der Waals surface area contributed by atoms with Gasteiger partial charge in [0.15, 0.2) is 0 Å². The molecule has 0 spiro atoms. The third-order valence-electron chi connectivity index (χ3n) is 2.90. The summed E-state index contributed by atoms with van der Waals surface area (Å²) in [5.41, 5.74) is 2.06. The van der Waals surface area contributed by atoms with Gasteiger partial charge in [0.2, 0.25) is 0 Å². The molecule has 1 unspecified atom stereocenters. The van der Waals surface area contributed by atoms with Gasteiger partial charge < -0.3 is 5.11 Å². The van der Waals surface area contributed by atoms with Crippen LogP contribution < -0.4 is 0 Å². The number of hydrogen-bond donors (Lipinski definition) is 1. The van der Waals surface area contributed by atoms with Crippen LogP contribution in [0.15, 0.2) is 42.0 Å². The summed E-state index contributed by atoms with van der Waals surface area (Å²) in [4.78, 5) is 10.8. The molecule has 0 saturated carbocycles. The van der Waals surface area contributed by atoms with Crippen LogP contribution in [-0.4, -0.2) is 11.1 Å². The molecule has 1 aromatic carbocycles. The summed E-state index contributed by atoms with van der Waals surface area (Å²) in [5, 5.41) is 8.87. The van der Waals surface area contributed by atoms with Crippen molar-refractivity contribution in [1.29, 1.82) is 0 Å². The molecule has 0 bridgehead atoms. The molecule has 2 nitrogen and oxygen atoms in total. The Morgan fingerprint density at radius 3 is 2.59 bits per heavy atom. The third kappa shape index (κ3) is 3.22. The molecule has 1 aliphatic rings. The molecule has 1 N–H and O–H groups in total. The van der Waals surface area contributed by atoms with Crippen LogP contribution in [0, 0.1) is 17.8 Å². The van der Waals surface area contributed by atoms with Crippen molar-refractivity contribution in [3.63, 3.8) is 0 Å². The highest BCUT2D eigenvalue weighted by atomic mass is 16.4. The van der Waals surface area contributed by atoms with Gasteiger partial charge in [0.1, 0.15) is 0 Å². The fourth-order valence-electron chi connectivity index (χ4n) is 1.85. The zero-order valence-corrected chi connectivity index (χ0v) is 9.52. The minimum absolute atomic E-state index is 0.225. The molecular formula is C15H14O2. The quantitative estimate of drug-likeness (QED) is 0.748. The van der Waals surface area contributed by atoms with Crippen molar-refractivity contribution in [3.05, 3.63) is 47.5 Å². The Kier molecular flexibility index (Phi) is 3.62. The van der Waals surface area contributed by atoms with Crippen molar-refractivity contribution in [3.8, 4) is 11.8 Å². The summed E-state index contributed by atoms with van der Waals surface area (Å²) < 4.78 is 0. The number of aliphatic carboxylic acids is 1. The van der Waals surface area contributed by atoms with Crippen molar-refractivity contribution in [2.75, 3.05) is 0 Å². The van der Waals surface area contributed by atoms with E-state index in [-0.39, 0.29) is 5.92 Å². The van der Waals surface area contributed by atoms with Gasteiger partial charge in [-0.15, -0.1) is 0 Å². The summed E-state index contributed by atoms with van der Waals surface area (Å²) in [6.07, 6.45) is 4.04. The van der Waals surface area contributed by atoms with Gasteiger partial charge in [-0.05, 0) is 37.0 Å². The van der Waals surface area contributed by atoms with Crippen molar-refractivity contribution < 1.29 is 9.90 Å². The van der Waals surface area contributed by atoms with Crippen molar-refractivity contribution in [2.45, 2.75) is 19.3 Å². The molecule has 0 saturated heterocycles. The summed E-state index contributed by atoms with van der Waals surface area (Å²) in [7, 11) is 0. The van der Waals surface area contributed by atoms with Gasteiger partial charge >= 0.3 is 5.97 Å². The van der Waals surface area contributed by atoms with Crippen LogP contribution in [-0.2, 0) is 4.79 Å². The molecule has 2 rings (SSSR count). The van der Waals surface area contributed by atoms with Gasteiger partial charge in [0.05, 0.1) is 5.92 Å². The molecule has 0 aromatic heterocycles. The number of carbonyl (C=O) groups is 1. The highest BCUT2D eigenvalue weighted by Crippen LogP contribution is 2.23. The normalized spacial score (nSPS) is 18.8. The largest absolute Gasteiger partial charge is 0.481 e. The van der Waals surface area contributed by atoms with Crippen LogP contribution >= 0.6 is 0 Å². The van der Waals surface area contributed by atoms with Gasteiger partial charge in [0.25, 0.3) is 0 Å². The molecule has 0 fully saturated rings. The first-order valence-corrected chi connectivity index (χ1v) is 5.74. The zero-order chi connectivity index (χ0) is 12.1. The van der Waals surface area contributed by atoms with E-state index < -0.39 is 5.97 Å². The second-order valence-corrected chi connectivity index (χ2v) is 4.15. The highest BCUT2D eigenvalue weighted by Gasteiger charge is 2.19. The summed E-state index contributed by atoms with van der Waals surface area (Å²) in [6.45, 7) is 0. The molecule has 1 aliphatic carbocycles. The standard InChI is InChI=1S/C15H14O2/c16-15(17)14-10-8-13(9-11-14)7-6-12-4-2-1-3-5-12/h1-5,8,14H,9-11H2,(H,16,17). The van der Waals surface area contributed by atoms with E-state index in [2.05, 4.69) is 11.8 Å². The van der Waals surface area contributed by atoms with E-state index in [1.165, 1.54) is 0 Å². The second kappa shape index (κ2) is 5.36. The number of benzene rings is 1. The van der Waals surface area contributed by atoms with Crippen molar-refractivity contribution in [2.24, 2.45) is 5.92 Å². The van der Waals surface area contributed by atoms with Gasteiger partial charge in [0, 0.05) is 5.56 Å². The number of allylic oxidation sites excluding steroid dienone is 2. The average molecular weight is 226 g/mol. The SMILES string of the molecule is O=C(O)C1CC=C(C#Cc2ccccc2)CC1. The Hall–Kier alpha value is -2.01. The first-order valence-electron chi connectivity index (χ1n) is 5.74. The third-order valence-corrected chi connectivity index (χ3v) is 2.90. The lowest BCUT2D eigenvalue weighted by atomic mass is 9.90. The van der Waals surface area contributed by atoms with E-state index in [4.69, 9.17) is 5.11 Å². The second-order valence-electron chi connectivity index (χ2n) is 4.15. The number of hydrogen-bond acceptors (Lipinski definition) is 1. The lowest BCUT2D eigenvalue weighted by molar-refractivity contribution is -0.141. The molecule has 0 aliphatic heterocycles. The molecule has 0 radical (unpaired) electrons. The van der Waals surface area contributed by atoms with Crippen LogP contribution in [0.1, 0.15) is 24.8 Å². The molecule has 0 heterocycles. The topological polar surface area (TPSA) is 37.3 Å². The van der Waals surface area contributed by atoms with Crippen molar-refractivity contribution in [1.82, 2.24) is 0 Å². The predicted molar refractivity (Wildman–Crippen MR) is 66.4 cm³/mol. The maximum absolute atomic E-state index is 10.8. The molecular weight excluding hydrogens is 212 g/mol. The van der Waals surface area contributed by atoms with Gasteiger partial charge in [-0.2, -0.15) is 0 Å². The molecule has 17 heavy (non-hydrogen) atoms. The maximum atomic E-state index is 10.8. The maximum Gasteiger partial charge on any atom is 0.306 e. The van der Waals surface area contributed by atoms with Gasteiger partial charge in [-0.3, -0.25) is 4.79 Å². The fraction of sp³-hybridized carbons (Fsp3) is 0.267. The van der Waals surface area contributed by atoms with Gasteiger partial charge in [-0.1, -0.05) is 36.1 Å². The Bertz CT molecular complexity index is 489. The molecule has 1 aromatic rings. The van der Waals surface area contributed by atoms with E-state index in [0.717, 1.165) is 17.6 Å². The molecule has 0 amide bonds. The summed E-state index contributed by atoms with van der Waals surface area (Å²) >= 11 is 0. The Morgan fingerprint density at radius 1 is 1.24 bits per heavy atom. The highest BCUT2D eigenvalue weighted by molar-refractivity contribution is 5.70. The van der Waals surface area contributed by atoms with Crippen LogP contribution in [0.3, 0.4) is 0 Å². The summed E-state index contributed by atoms with van der Waals surface area (Å²) in [5.74, 6) is 5.29. The minimum Gasteiger partial charge on any atom is -0.481 e. The smallest absolute Gasteiger partial charge is 0.306 e. The monoisotopic (exact) mass is 226 g/mol. The van der Waals surface area contributed by atoms with E-state index in [9.17, 15) is 4.79 Å². The van der Waals surface area contributed by atoms with E-state index >= 15 is 0 Å². The number of carboxylic acids is 1. The predicted octanol–water partition coefficient (Wildman–Crippen LogP) is 2.85.